The highest BCUT2D eigenvalue weighted by molar-refractivity contribution is 6.02. The first-order valence-electron chi connectivity index (χ1n) is 8.73. The van der Waals surface area contributed by atoms with Crippen molar-refractivity contribution < 1.29 is 9.53 Å². The predicted octanol–water partition coefficient (Wildman–Crippen LogP) is 4.58. The second kappa shape index (κ2) is 9.52. The zero-order valence-electron chi connectivity index (χ0n) is 15.2. The normalized spacial score (nSPS) is 10.7. The quantitative estimate of drug-likeness (QED) is 0.716. The maximum Gasteiger partial charge on any atom is 0.248 e. The number of rotatable bonds is 8. The molecule has 1 N–H and O–H groups in total. The number of nitrogens with one attached hydrogen (secondary N) is 1. The smallest absolute Gasteiger partial charge is 0.248 e. The van der Waals surface area contributed by atoms with Gasteiger partial charge >= 0.3 is 0 Å². The van der Waals surface area contributed by atoms with E-state index in [1.54, 1.807) is 6.08 Å². The molecule has 0 fully saturated rings. The lowest BCUT2D eigenvalue weighted by molar-refractivity contribution is -0.111. The molecule has 1 amide bonds. The number of nitrogens with zero attached hydrogens (tertiary/aromatic N) is 1. The average Bonchev–Trinajstić information content (AvgIpc) is 2.64. The zero-order valence-corrected chi connectivity index (χ0v) is 15.2. The molecule has 0 aliphatic heterocycles. The first kappa shape index (κ1) is 18.6. The molecule has 0 bridgehead atoms. The monoisotopic (exact) mass is 338 g/mol. The van der Waals surface area contributed by atoms with Crippen LogP contribution in [0, 0.1) is 0 Å². The van der Waals surface area contributed by atoms with Crippen molar-refractivity contribution in [2.24, 2.45) is 0 Å². The maximum absolute atomic E-state index is 12.1. The Balaban J connectivity index is 2.00. The lowest BCUT2D eigenvalue weighted by Crippen LogP contribution is -2.21. The summed E-state index contributed by atoms with van der Waals surface area (Å²) in [7, 11) is 0. The van der Waals surface area contributed by atoms with Gasteiger partial charge in [0.25, 0.3) is 0 Å². The zero-order chi connectivity index (χ0) is 18.1. The fraction of sp³-hybridized carbons (Fsp3) is 0.286. The fourth-order valence-electron chi connectivity index (χ4n) is 2.60. The van der Waals surface area contributed by atoms with Gasteiger partial charge in [-0.1, -0.05) is 18.2 Å². The molecule has 2 aromatic rings. The van der Waals surface area contributed by atoms with Gasteiger partial charge in [-0.3, -0.25) is 4.79 Å². The van der Waals surface area contributed by atoms with Crippen LogP contribution in [0.15, 0.2) is 54.6 Å². The highest BCUT2D eigenvalue weighted by Crippen LogP contribution is 2.20. The molecule has 0 saturated carbocycles. The molecule has 4 nitrogen and oxygen atoms in total. The van der Waals surface area contributed by atoms with Gasteiger partial charge < -0.3 is 15.0 Å². The molecular weight excluding hydrogens is 312 g/mol. The summed E-state index contributed by atoms with van der Waals surface area (Å²) in [5.74, 6) is 0.611. The molecule has 0 saturated heterocycles. The van der Waals surface area contributed by atoms with E-state index in [-0.39, 0.29) is 5.91 Å². The summed E-state index contributed by atoms with van der Waals surface area (Å²) in [6, 6.07) is 15.6. The Morgan fingerprint density at radius 3 is 2.36 bits per heavy atom. The first-order valence-corrected chi connectivity index (χ1v) is 8.73. The van der Waals surface area contributed by atoms with E-state index in [1.807, 2.05) is 55.5 Å². The summed E-state index contributed by atoms with van der Waals surface area (Å²) in [5, 5.41) is 2.88. The molecule has 0 aliphatic carbocycles. The van der Waals surface area contributed by atoms with Crippen molar-refractivity contribution in [1.82, 2.24) is 0 Å². The van der Waals surface area contributed by atoms with Gasteiger partial charge in [-0.15, -0.1) is 0 Å². The Morgan fingerprint density at radius 1 is 1.04 bits per heavy atom. The van der Waals surface area contributed by atoms with Crippen molar-refractivity contribution in [2.45, 2.75) is 20.8 Å². The van der Waals surface area contributed by atoms with Crippen LogP contribution in [-0.2, 0) is 4.79 Å². The van der Waals surface area contributed by atoms with Crippen LogP contribution in [0.3, 0.4) is 0 Å². The number of hydrogen-bond donors (Lipinski definition) is 1. The van der Waals surface area contributed by atoms with Crippen LogP contribution in [0.25, 0.3) is 6.08 Å². The van der Waals surface area contributed by atoms with Crippen LogP contribution < -0.4 is 15.0 Å². The summed E-state index contributed by atoms with van der Waals surface area (Å²) >= 11 is 0. The van der Waals surface area contributed by atoms with Gasteiger partial charge in [0.2, 0.25) is 5.91 Å². The van der Waals surface area contributed by atoms with Crippen LogP contribution in [0.5, 0.6) is 5.75 Å². The minimum absolute atomic E-state index is 0.165. The second-order valence-electron chi connectivity index (χ2n) is 5.51. The summed E-state index contributed by atoms with van der Waals surface area (Å²) in [4.78, 5) is 14.4. The van der Waals surface area contributed by atoms with Crippen molar-refractivity contribution in [3.8, 4) is 5.75 Å². The largest absolute Gasteiger partial charge is 0.493 e. The molecule has 4 heteroatoms. The number of benzene rings is 2. The van der Waals surface area contributed by atoms with Crippen molar-refractivity contribution in [3.63, 3.8) is 0 Å². The molecule has 2 rings (SSSR count). The molecule has 132 valence electrons. The molecule has 25 heavy (non-hydrogen) atoms. The Morgan fingerprint density at radius 2 is 1.72 bits per heavy atom. The highest BCUT2D eigenvalue weighted by Gasteiger charge is 2.03. The van der Waals surface area contributed by atoms with Gasteiger partial charge in [0, 0.05) is 36.1 Å². The molecular formula is C21H26N2O2. The van der Waals surface area contributed by atoms with E-state index >= 15 is 0 Å². The van der Waals surface area contributed by atoms with E-state index in [4.69, 9.17) is 4.74 Å². The number of carbonyl (C=O) groups excluding carboxylic acids is 1. The van der Waals surface area contributed by atoms with Gasteiger partial charge in [-0.2, -0.15) is 0 Å². The van der Waals surface area contributed by atoms with Crippen LogP contribution in [0.4, 0.5) is 11.4 Å². The lowest BCUT2D eigenvalue weighted by atomic mass is 10.2. The number of carbonyl (C=O) groups is 1. The fourth-order valence-corrected chi connectivity index (χ4v) is 2.60. The number of hydrogen-bond acceptors (Lipinski definition) is 3. The average molecular weight is 338 g/mol. The topological polar surface area (TPSA) is 41.6 Å². The van der Waals surface area contributed by atoms with Crippen molar-refractivity contribution in [2.75, 3.05) is 29.9 Å². The van der Waals surface area contributed by atoms with Gasteiger partial charge in [0.1, 0.15) is 5.75 Å². The molecule has 0 aromatic heterocycles. The summed E-state index contributed by atoms with van der Waals surface area (Å²) in [6.07, 6.45) is 3.29. The van der Waals surface area contributed by atoms with E-state index in [2.05, 4.69) is 24.1 Å². The maximum atomic E-state index is 12.1. The van der Waals surface area contributed by atoms with Crippen LogP contribution in [0.2, 0.25) is 0 Å². The van der Waals surface area contributed by atoms with E-state index in [9.17, 15) is 4.79 Å². The standard InChI is InChI=1S/C21H26N2O2/c1-4-23(5-2)19-14-12-18(13-15-19)22-21(24)16-11-17-9-7-8-10-20(17)25-6-3/h7-16H,4-6H2,1-3H3,(H,22,24). The molecule has 0 unspecified atom stereocenters. The Bertz CT molecular complexity index is 704. The lowest BCUT2D eigenvalue weighted by Gasteiger charge is -2.21. The van der Waals surface area contributed by atoms with E-state index in [0.717, 1.165) is 35.8 Å². The van der Waals surface area contributed by atoms with E-state index in [0.29, 0.717) is 6.61 Å². The second-order valence-corrected chi connectivity index (χ2v) is 5.51. The highest BCUT2D eigenvalue weighted by atomic mass is 16.5. The minimum Gasteiger partial charge on any atom is -0.493 e. The van der Waals surface area contributed by atoms with Gasteiger partial charge in [-0.25, -0.2) is 0 Å². The van der Waals surface area contributed by atoms with Gasteiger partial charge in [0.15, 0.2) is 0 Å². The molecule has 0 radical (unpaired) electrons. The molecule has 2 aromatic carbocycles. The molecule has 0 spiro atoms. The van der Waals surface area contributed by atoms with Crippen molar-refractivity contribution in [3.05, 3.63) is 60.2 Å². The molecule has 0 aliphatic rings. The Labute approximate surface area is 150 Å². The number of para-hydroxylation sites is 1. The third-order valence-electron chi connectivity index (χ3n) is 3.90. The minimum atomic E-state index is -0.165. The van der Waals surface area contributed by atoms with E-state index < -0.39 is 0 Å². The number of anilines is 2. The van der Waals surface area contributed by atoms with Crippen molar-refractivity contribution in [1.29, 1.82) is 0 Å². The third-order valence-corrected chi connectivity index (χ3v) is 3.90. The Kier molecular flexibility index (Phi) is 7.08. The SMILES string of the molecule is CCOc1ccccc1C=CC(=O)Nc1ccc(N(CC)CC)cc1. The van der Waals surface area contributed by atoms with Gasteiger partial charge in [0.05, 0.1) is 6.61 Å². The molecule has 0 atom stereocenters. The summed E-state index contributed by atoms with van der Waals surface area (Å²) < 4.78 is 5.56. The third kappa shape index (κ3) is 5.38. The number of amides is 1. The summed E-state index contributed by atoms with van der Waals surface area (Å²) in [5.41, 5.74) is 2.82. The van der Waals surface area contributed by atoms with Gasteiger partial charge in [-0.05, 0) is 57.2 Å². The number of ether oxygens (including phenoxy) is 1. The van der Waals surface area contributed by atoms with Crippen LogP contribution in [-0.4, -0.2) is 25.6 Å². The van der Waals surface area contributed by atoms with Crippen LogP contribution in [0.1, 0.15) is 26.3 Å². The Hall–Kier alpha value is -2.75. The predicted molar refractivity (Wildman–Crippen MR) is 105 cm³/mol. The summed E-state index contributed by atoms with van der Waals surface area (Å²) in [6.45, 7) is 8.72. The van der Waals surface area contributed by atoms with E-state index in [1.165, 1.54) is 6.08 Å². The first-order chi connectivity index (χ1) is 12.2. The van der Waals surface area contributed by atoms with Crippen LogP contribution >= 0.6 is 0 Å². The molecule has 0 heterocycles. The van der Waals surface area contributed by atoms with Crippen molar-refractivity contribution >= 4 is 23.4 Å².